The number of thioether (sulfide) groups is 1. The number of nitrogen functional groups attached to an aromatic ring is 1. The number of nitrogens with one attached hydrogen (secondary N) is 1. The first kappa shape index (κ1) is 20.6. The molecule has 10 heteroatoms. The number of nitrogens with two attached hydrogens (primary N) is 1. The molecule has 0 aliphatic heterocycles. The second-order valence-electron chi connectivity index (χ2n) is 6.30. The van der Waals surface area contributed by atoms with Gasteiger partial charge in [0.25, 0.3) is 0 Å². The number of hydrogen-bond donors (Lipinski definition) is 2. The molecule has 2 aromatic heterocycles. The topological polar surface area (TPSA) is 98.8 Å². The first-order valence-electron chi connectivity index (χ1n) is 9.20. The van der Waals surface area contributed by atoms with Crippen LogP contribution in [0.1, 0.15) is 18.3 Å². The summed E-state index contributed by atoms with van der Waals surface area (Å²) in [5.41, 5.74) is 8.57. The SMILES string of the molecule is CCOc1ccc2nc(SCc3nc(N)nc(Nc4cccc(Cl)c4C)n3)sc2c1. The molecule has 0 radical (unpaired) electrons. The van der Waals surface area contributed by atoms with Crippen molar-refractivity contribution in [1.29, 1.82) is 0 Å². The van der Waals surface area contributed by atoms with Crippen LogP contribution in [0, 0.1) is 6.92 Å². The molecule has 4 rings (SSSR count). The predicted molar refractivity (Wildman–Crippen MR) is 124 cm³/mol. The number of hydrogen-bond acceptors (Lipinski definition) is 9. The van der Waals surface area contributed by atoms with Crippen LogP contribution in [0.5, 0.6) is 5.75 Å². The zero-order valence-electron chi connectivity index (χ0n) is 16.3. The van der Waals surface area contributed by atoms with Crippen molar-refractivity contribution < 1.29 is 4.74 Å². The van der Waals surface area contributed by atoms with Crippen LogP contribution in [0.15, 0.2) is 40.7 Å². The van der Waals surface area contributed by atoms with E-state index in [0.717, 1.165) is 31.6 Å². The summed E-state index contributed by atoms with van der Waals surface area (Å²) in [4.78, 5) is 17.6. The fraction of sp³-hybridized carbons (Fsp3) is 0.200. The van der Waals surface area contributed by atoms with Gasteiger partial charge >= 0.3 is 0 Å². The van der Waals surface area contributed by atoms with Gasteiger partial charge in [-0.1, -0.05) is 29.4 Å². The van der Waals surface area contributed by atoms with Gasteiger partial charge in [0.15, 0.2) is 4.34 Å². The minimum absolute atomic E-state index is 0.161. The van der Waals surface area contributed by atoms with E-state index in [4.69, 9.17) is 22.1 Å². The lowest BCUT2D eigenvalue weighted by molar-refractivity contribution is 0.341. The predicted octanol–water partition coefficient (Wildman–Crippen LogP) is 5.46. The van der Waals surface area contributed by atoms with Crippen LogP contribution < -0.4 is 15.8 Å². The van der Waals surface area contributed by atoms with Crippen molar-refractivity contribution in [2.45, 2.75) is 23.9 Å². The maximum absolute atomic E-state index is 6.19. The molecule has 0 unspecified atom stereocenters. The van der Waals surface area contributed by atoms with Crippen molar-refractivity contribution in [1.82, 2.24) is 19.9 Å². The molecule has 0 amide bonds. The van der Waals surface area contributed by atoms with Gasteiger partial charge in [-0.25, -0.2) is 4.98 Å². The lowest BCUT2D eigenvalue weighted by Crippen LogP contribution is -2.07. The summed E-state index contributed by atoms with van der Waals surface area (Å²) in [6.45, 7) is 4.53. The standard InChI is InChI=1S/C20H19ClN6OS2/c1-3-28-12-7-8-15-16(9-12)30-20(24-15)29-10-17-25-18(22)27-19(26-17)23-14-6-4-5-13(21)11(14)2/h4-9H,3,10H2,1-2H3,(H3,22,23,25,26,27). The Morgan fingerprint density at radius 2 is 2.03 bits per heavy atom. The molecule has 0 fully saturated rings. The van der Waals surface area contributed by atoms with Crippen molar-refractivity contribution >= 4 is 62.5 Å². The molecule has 0 bridgehead atoms. The molecule has 0 spiro atoms. The van der Waals surface area contributed by atoms with Gasteiger partial charge in [0, 0.05) is 10.7 Å². The number of nitrogens with zero attached hydrogens (tertiary/aromatic N) is 4. The summed E-state index contributed by atoms with van der Waals surface area (Å²) >= 11 is 9.35. The van der Waals surface area contributed by atoms with E-state index in [2.05, 4.69) is 25.3 Å². The van der Waals surface area contributed by atoms with Crippen molar-refractivity contribution in [3.63, 3.8) is 0 Å². The Balaban J connectivity index is 1.49. The summed E-state index contributed by atoms with van der Waals surface area (Å²) in [6, 6.07) is 11.5. The van der Waals surface area contributed by atoms with Gasteiger partial charge in [0.05, 0.1) is 22.6 Å². The van der Waals surface area contributed by atoms with Crippen LogP contribution in [0.4, 0.5) is 17.6 Å². The molecular weight excluding hydrogens is 440 g/mol. The molecular formula is C20H19ClN6OS2. The molecule has 0 aliphatic carbocycles. The van der Waals surface area contributed by atoms with Gasteiger partial charge in [-0.2, -0.15) is 15.0 Å². The quantitative estimate of drug-likeness (QED) is 0.352. The molecule has 0 saturated heterocycles. The van der Waals surface area contributed by atoms with E-state index < -0.39 is 0 Å². The minimum atomic E-state index is 0.161. The average molecular weight is 459 g/mol. The summed E-state index contributed by atoms with van der Waals surface area (Å²) in [7, 11) is 0. The lowest BCUT2D eigenvalue weighted by atomic mass is 10.2. The fourth-order valence-corrected chi connectivity index (χ4v) is 4.88. The third-order valence-corrected chi connectivity index (χ3v) is 6.76. The second kappa shape index (κ2) is 9.03. The van der Waals surface area contributed by atoms with E-state index in [1.165, 1.54) is 0 Å². The Kier molecular flexibility index (Phi) is 6.21. The molecule has 7 nitrogen and oxygen atoms in total. The molecule has 3 N–H and O–H groups in total. The number of benzene rings is 2. The van der Waals surface area contributed by atoms with Gasteiger partial charge in [0.1, 0.15) is 11.6 Å². The molecule has 30 heavy (non-hydrogen) atoms. The highest BCUT2D eigenvalue weighted by Gasteiger charge is 2.11. The van der Waals surface area contributed by atoms with E-state index in [-0.39, 0.29) is 5.95 Å². The summed E-state index contributed by atoms with van der Waals surface area (Å²) in [6.07, 6.45) is 0. The maximum atomic E-state index is 6.19. The number of fused-ring (bicyclic) bond motifs is 1. The van der Waals surface area contributed by atoms with E-state index in [1.54, 1.807) is 23.1 Å². The average Bonchev–Trinajstić information content (AvgIpc) is 3.12. The highest BCUT2D eigenvalue weighted by Crippen LogP contribution is 2.33. The van der Waals surface area contributed by atoms with Gasteiger partial charge in [-0.15, -0.1) is 11.3 Å². The zero-order valence-corrected chi connectivity index (χ0v) is 18.7. The number of aromatic nitrogens is 4. The van der Waals surface area contributed by atoms with Crippen LogP contribution >= 0.6 is 34.7 Å². The van der Waals surface area contributed by atoms with Crippen molar-refractivity contribution in [2.75, 3.05) is 17.7 Å². The van der Waals surface area contributed by atoms with Crippen LogP contribution in [0.2, 0.25) is 5.02 Å². The van der Waals surface area contributed by atoms with E-state index in [1.807, 2.05) is 50.2 Å². The van der Waals surface area contributed by atoms with E-state index >= 15 is 0 Å². The van der Waals surface area contributed by atoms with Crippen molar-refractivity contribution in [2.24, 2.45) is 0 Å². The monoisotopic (exact) mass is 458 g/mol. The van der Waals surface area contributed by atoms with Crippen LogP contribution in [-0.2, 0) is 5.75 Å². The zero-order chi connectivity index (χ0) is 21.1. The summed E-state index contributed by atoms with van der Waals surface area (Å²) in [5, 5.41) is 3.84. The smallest absolute Gasteiger partial charge is 0.232 e. The van der Waals surface area contributed by atoms with Crippen LogP contribution in [0.3, 0.4) is 0 Å². The normalized spacial score (nSPS) is 11.0. The van der Waals surface area contributed by atoms with Crippen LogP contribution in [-0.4, -0.2) is 26.5 Å². The van der Waals surface area contributed by atoms with Gasteiger partial charge in [-0.05, 0) is 49.7 Å². The maximum Gasteiger partial charge on any atom is 0.232 e. The highest BCUT2D eigenvalue weighted by molar-refractivity contribution is 8.00. The molecule has 0 saturated carbocycles. The van der Waals surface area contributed by atoms with E-state index in [9.17, 15) is 0 Å². The third kappa shape index (κ3) is 4.75. The number of halogens is 1. The Morgan fingerprint density at radius 3 is 2.87 bits per heavy atom. The molecule has 2 heterocycles. The molecule has 0 aliphatic rings. The Labute approximate surface area is 187 Å². The van der Waals surface area contributed by atoms with Crippen LogP contribution in [0.25, 0.3) is 10.2 Å². The Hall–Kier alpha value is -2.62. The first-order valence-corrected chi connectivity index (χ1v) is 11.4. The molecule has 0 atom stereocenters. The minimum Gasteiger partial charge on any atom is -0.494 e. The fourth-order valence-electron chi connectivity index (χ4n) is 2.75. The number of rotatable bonds is 7. The summed E-state index contributed by atoms with van der Waals surface area (Å²) < 4.78 is 7.57. The number of anilines is 3. The second-order valence-corrected chi connectivity index (χ2v) is 8.96. The lowest BCUT2D eigenvalue weighted by Gasteiger charge is -2.10. The summed E-state index contributed by atoms with van der Waals surface area (Å²) in [5.74, 6) is 2.49. The van der Waals surface area contributed by atoms with Crippen molar-refractivity contribution in [3.05, 3.63) is 52.8 Å². The molecule has 2 aromatic carbocycles. The van der Waals surface area contributed by atoms with Gasteiger partial charge < -0.3 is 15.8 Å². The molecule has 4 aromatic rings. The molecule has 154 valence electrons. The van der Waals surface area contributed by atoms with Crippen molar-refractivity contribution in [3.8, 4) is 5.75 Å². The van der Waals surface area contributed by atoms with Gasteiger partial charge in [0.2, 0.25) is 11.9 Å². The van der Waals surface area contributed by atoms with E-state index in [0.29, 0.717) is 29.2 Å². The first-order chi connectivity index (χ1) is 14.5. The largest absolute Gasteiger partial charge is 0.494 e. The Morgan fingerprint density at radius 1 is 1.17 bits per heavy atom. The number of thiazole rings is 1. The highest BCUT2D eigenvalue weighted by atomic mass is 35.5. The van der Waals surface area contributed by atoms with Gasteiger partial charge in [-0.3, -0.25) is 0 Å². The third-order valence-electron chi connectivity index (χ3n) is 4.19. The Bertz CT molecular complexity index is 1200. The number of ether oxygens (including phenoxy) is 1.